The number of hydrogen-bond acceptors (Lipinski definition) is 3. The second-order valence-electron chi connectivity index (χ2n) is 4.70. The van der Waals surface area contributed by atoms with E-state index in [9.17, 15) is 4.79 Å². The summed E-state index contributed by atoms with van der Waals surface area (Å²) in [6.07, 6.45) is 3.97. The molecule has 0 saturated heterocycles. The minimum Gasteiger partial charge on any atom is -0.273 e. The van der Waals surface area contributed by atoms with Crippen LogP contribution in [0.4, 0.5) is 0 Å². The molecule has 0 spiro atoms. The first-order chi connectivity index (χ1) is 9.63. The van der Waals surface area contributed by atoms with Gasteiger partial charge in [-0.25, -0.2) is 5.84 Å². The van der Waals surface area contributed by atoms with Crippen LogP contribution < -0.4 is 5.84 Å². The molecule has 4 heteroatoms. The van der Waals surface area contributed by atoms with Gasteiger partial charge in [0.25, 0.3) is 0 Å². The molecule has 1 aromatic heterocycles. The molecule has 0 aliphatic heterocycles. The molecule has 0 saturated carbocycles. The smallest absolute Gasteiger partial charge is 0.236 e. The summed E-state index contributed by atoms with van der Waals surface area (Å²) in [5.41, 5.74) is 3.13. The molecule has 2 rings (SSSR count). The minimum atomic E-state index is -0.154. The van der Waals surface area contributed by atoms with Gasteiger partial charge < -0.3 is 0 Å². The molecule has 0 bridgehead atoms. The second-order valence-corrected chi connectivity index (χ2v) is 4.70. The number of carbonyl (C=O) groups is 1. The molecule has 0 fully saturated rings. The van der Waals surface area contributed by atoms with Crippen molar-refractivity contribution in [3.05, 3.63) is 54.4 Å². The number of amides is 1. The third kappa shape index (κ3) is 3.03. The molecule has 0 radical (unpaired) electrons. The number of carbonyl (C=O) groups excluding carboxylic acids is 1. The van der Waals surface area contributed by atoms with E-state index in [-0.39, 0.29) is 11.9 Å². The van der Waals surface area contributed by atoms with E-state index < -0.39 is 0 Å². The van der Waals surface area contributed by atoms with E-state index in [4.69, 9.17) is 5.84 Å². The summed E-state index contributed by atoms with van der Waals surface area (Å²) in [6.45, 7) is 3.73. The highest BCUT2D eigenvalue weighted by Crippen LogP contribution is 2.24. The summed E-state index contributed by atoms with van der Waals surface area (Å²) in [6, 6.07) is 11.8. The van der Waals surface area contributed by atoms with E-state index in [1.165, 1.54) is 5.01 Å². The van der Waals surface area contributed by atoms with Crippen LogP contribution in [0, 0.1) is 0 Å². The summed E-state index contributed by atoms with van der Waals surface area (Å²) >= 11 is 0. The Labute approximate surface area is 119 Å². The topological polar surface area (TPSA) is 59.2 Å². The molecule has 1 atom stereocenters. The Morgan fingerprint density at radius 1 is 1.30 bits per heavy atom. The second kappa shape index (κ2) is 6.30. The largest absolute Gasteiger partial charge is 0.273 e. The number of nitrogens with zero attached hydrogens (tertiary/aromatic N) is 2. The van der Waals surface area contributed by atoms with E-state index >= 15 is 0 Å². The van der Waals surface area contributed by atoms with Crippen LogP contribution in [0.25, 0.3) is 11.1 Å². The Morgan fingerprint density at radius 3 is 2.70 bits per heavy atom. The van der Waals surface area contributed by atoms with Crippen molar-refractivity contribution in [1.29, 1.82) is 0 Å². The Morgan fingerprint density at radius 2 is 2.05 bits per heavy atom. The molecule has 20 heavy (non-hydrogen) atoms. The molecule has 104 valence electrons. The molecule has 4 nitrogen and oxygen atoms in total. The van der Waals surface area contributed by atoms with Crippen LogP contribution in [0.1, 0.15) is 31.9 Å². The van der Waals surface area contributed by atoms with Gasteiger partial charge in [-0.2, -0.15) is 0 Å². The van der Waals surface area contributed by atoms with Gasteiger partial charge in [0.05, 0.1) is 6.04 Å². The molecule has 0 unspecified atom stereocenters. The van der Waals surface area contributed by atoms with Crippen molar-refractivity contribution < 1.29 is 4.79 Å². The maximum atomic E-state index is 11.7. The van der Waals surface area contributed by atoms with Gasteiger partial charge >= 0.3 is 0 Å². The maximum Gasteiger partial charge on any atom is 0.236 e. The lowest BCUT2D eigenvalue weighted by Gasteiger charge is -2.24. The van der Waals surface area contributed by atoms with Crippen LogP contribution in [-0.2, 0) is 4.79 Å². The van der Waals surface area contributed by atoms with Crippen LogP contribution in [0.5, 0.6) is 0 Å². The molecule has 2 aromatic rings. The van der Waals surface area contributed by atoms with E-state index in [0.717, 1.165) is 16.7 Å². The van der Waals surface area contributed by atoms with Gasteiger partial charge in [0.2, 0.25) is 5.91 Å². The average molecular weight is 269 g/mol. The highest BCUT2D eigenvalue weighted by atomic mass is 16.2. The monoisotopic (exact) mass is 269 g/mol. The van der Waals surface area contributed by atoms with Crippen molar-refractivity contribution >= 4 is 5.91 Å². The predicted octanol–water partition coefficient (Wildman–Crippen LogP) is 2.92. The Hall–Kier alpha value is -2.20. The quantitative estimate of drug-likeness (QED) is 0.527. The number of pyridine rings is 1. The van der Waals surface area contributed by atoms with Crippen LogP contribution in [0.2, 0.25) is 0 Å². The van der Waals surface area contributed by atoms with Gasteiger partial charge in [-0.3, -0.25) is 14.8 Å². The third-order valence-electron chi connectivity index (χ3n) is 3.37. The highest BCUT2D eigenvalue weighted by molar-refractivity contribution is 5.75. The zero-order valence-corrected chi connectivity index (χ0v) is 11.8. The van der Waals surface area contributed by atoms with Crippen molar-refractivity contribution in [2.75, 3.05) is 0 Å². The maximum absolute atomic E-state index is 11.7. The number of benzene rings is 1. The van der Waals surface area contributed by atoms with Gasteiger partial charge in [-0.15, -0.1) is 0 Å². The first-order valence-corrected chi connectivity index (χ1v) is 6.70. The third-order valence-corrected chi connectivity index (χ3v) is 3.37. The van der Waals surface area contributed by atoms with Crippen molar-refractivity contribution in [3.8, 4) is 11.1 Å². The lowest BCUT2D eigenvalue weighted by atomic mass is 10.0. The predicted molar refractivity (Wildman–Crippen MR) is 79.4 cm³/mol. The molecule has 1 aromatic carbocycles. The molecular formula is C16H19N3O. The normalized spacial score (nSPS) is 11.9. The zero-order chi connectivity index (χ0) is 14.5. The van der Waals surface area contributed by atoms with Crippen LogP contribution in [0.3, 0.4) is 0 Å². The van der Waals surface area contributed by atoms with Crippen molar-refractivity contribution in [2.45, 2.75) is 26.3 Å². The molecule has 1 heterocycles. The number of aromatic nitrogens is 1. The Bertz CT molecular complexity index is 583. The fourth-order valence-electron chi connectivity index (χ4n) is 2.07. The summed E-state index contributed by atoms with van der Waals surface area (Å²) in [7, 11) is 0. The zero-order valence-electron chi connectivity index (χ0n) is 11.8. The fraction of sp³-hybridized carbons (Fsp3) is 0.250. The van der Waals surface area contributed by atoms with E-state index in [0.29, 0.717) is 6.42 Å². The first kappa shape index (κ1) is 14.2. The summed E-state index contributed by atoms with van der Waals surface area (Å²) < 4.78 is 0. The highest BCUT2D eigenvalue weighted by Gasteiger charge is 2.17. The van der Waals surface area contributed by atoms with Gasteiger partial charge in [0.15, 0.2) is 0 Å². The van der Waals surface area contributed by atoms with Gasteiger partial charge in [0, 0.05) is 18.8 Å². The standard InChI is InChI=1S/C16H19N3O/c1-3-16(20)19(17)12(2)13-6-4-7-14(10-13)15-8-5-9-18-11-15/h4-12H,3,17H2,1-2H3/t12-/m0/s1. The van der Waals surface area contributed by atoms with Crippen LogP contribution in [0.15, 0.2) is 48.8 Å². The van der Waals surface area contributed by atoms with Crippen LogP contribution >= 0.6 is 0 Å². The van der Waals surface area contributed by atoms with Crippen LogP contribution in [-0.4, -0.2) is 15.9 Å². The average Bonchev–Trinajstić information content (AvgIpc) is 2.53. The van der Waals surface area contributed by atoms with Gasteiger partial charge in [-0.05, 0) is 35.7 Å². The lowest BCUT2D eigenvalue weighted by Crippen LogP contribution is -2.39. The SMILES string of the molecule is CCC(=O)N(N)[C@@H](C)c1cccc(-c2cccnc2)c1. The molecule has 2 N–H and O–H groups in total. The van der Waals surface area contributed by atoms with Gasteiger partial charge in [-0.1, -0.05) is 31.2 Å². The summed E-state index contributed by atoms with van der Waals surface area (Å²) in [4.78, 5) is 15.8. The fourth-order valence-corrected chi connectivity index (χ4v) is 2.07. The molecule has 0 aliphatic rings. The number of rotatable bonds is 4. The minimum absolute atomic E-state index is 0.0655. The molecular weight excluding hydrogens is 250 g/mol. The summed E-state index contributed by atoms with van der Waals surface area (Å²) in [5.74, 6) is 5.80. The first-order valence-electron chi connectivity index (χ1n) is 6.70. The van der Waals surface area contributed by atoms with E-state index in [2.05, 4.69) is 4.98 Å². The molecule has 0 aliphatic carbocycles. The summed E-state index contributed by atoms with van der Waals surface area (Å²) in [5, 5.41) is 1.29. The van der Waals surface area contributed by atoms with E-state index in [1.807, 2.05) is 49.5 Å². The Kier molecular flexibility index (Phi) is 4.48. The number of hydrogen-bond donors (Lipinski definition) is 1. The number of nitrogens with two attached hydrogens (primary N) is 1. The van der Waals surface area contributed by atoms with Crippen molar-refractivity contribution in [2.24, 2.45) is 5.84 Å². The lowest BCUT2D eigenvalue weighted by molar-refractivity contribution is -0.133. The van der Waals surface area contributed by atoms with Crippen molar-refractivity contribution in [3.63, 3.8) is 0 Å². The molecule has 1 amide bonds. The van der Waals surface area contributed by atoms with Gasteiger partial charge in [0.1, 0.15) is 0 Å². The number of hydrazine groups is 1. The Balaban J connectivity index is 2.28. The van der Waals surface area contributed by atoms with Crippen molar-refractivity contribution in [1.82, 2.24) is 9.99 Å². The van der Waals surface area contributed by atoms with E-state index in [1.54, 1.807) is 13.1 Å².